The third-order valence-electron chi connectivity index (χ3n) is 5.59. The van der Waals surface area contributed by atoms with Crippen molar-refractivity contribution in [2.75, 3.05) is 0 Å². The summed E-state index contributed by atoms with van der Waals surface area (Å²) in [7, 11) is 0. The molecule has 0 atom stereocenters. The minimum absolute atomic E-state index is 0.0866. The summed E-state index contributed by atoms with van der Waals surface area (Å²) in [5.74, 6) is -1.05. The highest BCUT2D eigenvalue weighted by Crippen LogP contribution is 2.40. The van der Waals surface area contributed by atoms with Gasteiger partial charge in [-0.2, -0.15) is 13.2 Å². The molecular formula is C27H20ClF3N2O2. The van der Waals surface area contributed by atoms with Crippen molar-refractivity contribution in [2.45, 2.75) is 19.5 Å². The zero-order valence-electron chi connectivity index (χ0n) is 18.5. The summed E-state index contributed by atoms with van der Waals surface area (Å²) in [5.41, 5.74) is 4.09. The van der Waals surface area contributed by atoms with E-state index in [2.05, 4.69) is 9.97 Å². The largest absolute Gasteiger partial charge is 0.478 e. The Kier molecular flexibility index (Phi) is 6.80. The maximum atomic E-state index is 13.2. The van der Waals surface area contributed by atoms with Gasteiger partial charge in [-0.3, -0.25) is 4.98 Å². The fourth-order valence-corrected chi connectivity index (χ4v) is 4.28. The minimum Gasteiger partial charge on any atom is -0.478 e. The van der Waals surface area contributed by atoms with Crippen LogP contribution in [0.5, 0.6) is 0 Å². The third kappa shape index (κ3) is 5.15. The average Bonchev–Trinajstić information content (AvgIpc) is 3.31. The predicted octanol–water partition coefficient (Wildman–Crippen LogP) is 7.70. The number of pyridine rings is 1. The quantitative estimate of drug-likeness (QED) is 0.269. The van der Waals surface area contributed by atoms with Gasteiger partial charge in [-0.05, 0) is 58.5 Å². The first kappa shape index (κ1) is 24.3. The lowest BCUT2D eigenvalue weighted by atomic mass is 9.88. The second-order valence-corrected chi connectivity index (χ2v) is 8.20. The molecule has 2 N–H and O–H groups in total. The fraction of sp³-hybridized carbons (Fsp3) is 0.111. The smallest absolute Gasteiger partial charge is 0.417 e. The van der Waals surface area contributed by atoms with Gasteiger partial charge >= 0.3 is 12.1 Å². The van der Waals surface area contributed by atoms with Crippen molar-refractivity contribution in [1.82, 2.24) is 9.97 Å². The topological polar surface area (TPSA) is 66.0 Å². The maximum Gasteiger partial charge on any atom is 0.417 e. The zero-order chi connectivity index (χ0) is 25.2. The number of aliphatic carboxylic acids is 1. The highest BCUT2D eigenvalue weighted by Gasteiger charge is 2.32. The Morgan fingerprint density at radius 3 is 2.51 bits per heavy atom. The Bertz CT molecular complexity index is 1450. The van der Waals surface area contributed by atoms with Crippen molar-refractivity contribution in [3.63, 3.8) is 0 Å². The lowest BCUT2D eigenvalue weighted by Crippen LogP contribution is -2.07. The Hall–Kier alpha value is -3.84. The van der Waals surface area contributed by atoms with E-state index >= 15 is 0 Å². The van der Waals surface area contributed by atoms with Crippen LogP contribution in [0.4, 0.5) is 13.2 Å². The Morgan fingerprint density at radius 2 is 1.89 bits per heavy atom. The van der Waals surface area contributed by atoms with Crippen molar-refractivity contribution < 1.29 is 23.1 Å². The normalized spacial score (nSPS) is 12.8. The van der Waals surface area contributed by atoms with Crippen molar-refractivity contribution in [1.29, 1.82) is 0 Å². The summed E-state index contributed by atoms with van der Waals surface area (Å²) < 4.78 is 39.6. The molecule has 0 saturated carbocycles. The van der Waals surface area contributed by atoms with Gasteiger partial charge in [-0.15, -0.1) is 0 Å². The van der Waals surface area contributed by atoms with Gasteiger partial charge in [0.25, 0.3) is 0 Å². The van der Waals surface area contributed by atoms with Crippen LogP contribution in [0, 0.1) is 0 Å². The van der Waals surface area contributed by atoms with E-state index < -0.39 is 17.7 Å². The minimum atomic E-state index is -4.55. The van der Waals surface area contributed by atoms with Crippen LogP contribution in [-0.2, 0) is 11.0 Å². The van der Waals surface area contributed by atoms with Gasteiger partial charge in [-0.25, -0.2) is 4.79 Å². The number of hydrogen-bond donors (Lipinski definition) is 2. The van der Waals surface area contributed by atoms with Crippen LogP contribution < -0.4 is 0 Å². The van der Waals surface area contributed by atoms with Gasteiger partial charge in [0.15, 0.2) is 0 Å². The SMILES string of the molecule is CC/C(=C(/c1ccc(/C=C/C(=O)O)cc1)c1cccc2[nH]ccc12)c1ncc(C(F)(F)F)cc1Cl. The highest BCUT2D eigenvalue weighted by molar-refractivity contribution is 6.32. The van der Waals surface area contributed by atoms with Gasteiger partial charge < -0.3 is 10.1 Å². The number of halogens is 4. The molecule has 2 aromatic heterocycles. The zero-order valence-corrected chi connectivity index (χ0v) is 19.3. The predicted molar refractivity (Wildman–Crippen MR) is 132 cm³/mol. The molecule has 4 aromatic rings. The molecule has 178 valence electrons. The standard InChI is InChI=1S/C27H20ClF3N2O2/c1-2-19(26-22(28)14-18(15-33-26)27(29,30)31)25(21-4-3-5-23-20(21)12-13-32-23)17-9-6-16(7-10-17)8-11-24(34)35/h3-15,32H,2H2,1H3,(H,34,35)/b11-8+,25-19+. The first-order chi connectivity index (χ1) is 16.7. The van der Waals surface area contributed by atoms with Crippen molar-refractivity contribution in [3.8, 4) is 0 Å². The number of nitrogens with zero attached hydrogens (tertiary/aromatic N) is 1. The van der Waals surface area contributed by atoms with Gasteiger partial charge in [0.05, 0.1) is 16.3 Å². The molecule has 8 heteroatoms. The van der Waals surface area contributed by atoms with Crippen LogP contribution in [0.15, 0.2) is 73.1 Å². The van der Waals surface area contributed by atoms with Gasteiger partial charge in [0.1, 0.15) is 0 Å². The number of aromatic nitrogens is 2. The Balaban J connectivity index is 1.97. The molecule has 0 fully saturated rings. The summed E-state index contributed by atoms with van der Waals surface area (Å²) in [6.45, 7) is 1.90. The molecule has 0 spiro atoms. The number of alkyl halides is 3. The van der Waals surface area contributed by atoms with E-state index in [9.17, 15) is 18.0 Å². The van der Waals surface area contributed by atoms with Crippen LogP contribution in [0.1, 0.15) is 41.3 Å². The Morgan fingerprint density at radius 1 is 1.14 bits per heavy atom. The number of fused-ring (bicyclic) bond motifs is 1. The second kappa shape index (κ2) is 9.80. The van der Waals surface area contributed by atoms with Crippen LogP contribution in [0.2, 0.25) is 5.02 Å². The molecule has 4 nitrogen and oxygen atoms in total. The molecule has 2 heterocycles. The number of aromatic amines is 1. The number of H-pyrrole nitrogens is 1. The average molecular weight is 497 g/mol. The summed E-state index contributed by atoms with van der Waals surface area (Å²) in [6.07, 6.45) is 1.05. The van der Waals surface area contributed by atoms with E-state index in [1.54, 1.807) is 12.1 Å². The van der Waals surface area contributed by atoms with Crippen LogP contribution >= 0.6 is 11.6 Å². The molecule has 0 radical (unpaired) electrons. The van der Waals surface area contributed by atoms with Crippen LogP contribution in [0.25, 0.3) is 28.1 Å². The van der Waals surface area contributed by atoms with Crippen molar-refractivity contribution in [3.05, 3.63) is 106 Å². The molecule has 0 unspecified atom stereocenters. The van der Waals surface area contributed by atoms with E-state index in [1.165, 1.54) is 6.08 Å². The molecule has 4 rings (SSSR count). The summed E-state index contributed by atoms with van der Waals surface area (Å²) in [4.78, 5) is 18.2. The van der Waals surface area contributed by atoms with E-state index in [1.807, 2.05) is 49.5 Å². The molecule has 35 heavy (non-hydrogen) atoms. The van der Waals surface area contributed by atoms with Crippen molar-refractivity contribution in [2.24, 2.45) is 0 Å². The first-order valence-electron chi connectivity index (χ1n) is 10.7. The molecule has 0 bridgehead atoms. The van der Waals surface area contributed by atoms with Gasteiger partial charge in [0, 0.05) is 29.4 Å². The molecule has 0 saturated heterocycles. The number of carboxylic acid groups (broad SMARTS) is 1. The van der Waals surface area contributed by atoms with Crippen LogP contribution in [-0.4, -0.2) is 21.0 Å². The highest BCUT2D eigenvalue weighted by atomic mass is 35.5. The monoisotopic (exact) mass is 496 g/mol. The summed E-state index contributed by atoms with van der Waals surface area (Å²) in [6, 6.07) is 15.8. The number of nitrogens with one attached hydrogen (secondary N) is 1. The lowest BCUT2D eigenvalue weighted by molar-refractivity contribution is -0.138. The number of carbonyl (C=O) groups is 1. The van der Waals surface area contributed by atoms with E-state index in [-0.39, 0.29) is 10.7 Å². The van der Waals surface area contributed by atoms with E-state index in [0.29, 0.717) is 17.6 Å². The number of rotatable bonds is 6. The number of benzene rings is 2. The first-order valence-corrected chi connectivity index (χ1v) is 11.1. The molecule has 0 aliphatic rings. The van der Waals surface area contributed by atoms with E-state index in [4.69, 9.17) is 16.7 Å². The van der Waals surface area contributed by atoms with Crippen molar-refractivity contribution >= 4 is 45.7 Å². The van der Waals surface area contributed by atoms with Gasteiger partial charge in [-0.1, -0.05) is 54.9 Å². The van der Waals surface area contributed by atoms with E-state index in [0.717, 1.165) is 45.9 Å². The fourth-order valence-electron chi connectivity index (χ4n) is 4.00. The van der Waals surface area contributed by atoms with Crippen LogP contribution in [0.3, 0.4) is 0 Å². The Labute approximate surface area is 204 Å². The molecular weight excluding hydrogens is 477 g/mol. The molecule has 2 aromatic carbocycles. The molecule has 0 aliphatic carbocycles. The molecule has 0 amide bonds. The summed E-state index contributed by atoms with van der Waals surface area (Å²) >= 11 is 6.35. The maximum absolute atomic E-state index is 13.2. The number of allylic oxidation sites excluding steroid dienone is 1. The number of carboxylic acids is 1. The third-order valence-corrected chi connectivity index (χ3v) is 5.88. The summed E-state index contributed by atoms with van der Waals surface area (Å²) in [5, 5.41) is 9.74. The second-order valence-electron chi connectivity index (χ2n) is 7.80. The molecule has 0 aliphatic heterocycles. The number of hydrogen-bond acceptors (Lipinski definition) is 2. The lowest BCUT2D eigenvalue weighted by Gasteiger charge is -2.18. The van der Waals surface area contributed by atoms with Gasteiger partial charge in [0.2, 0.25) is 0 Å².